The summed E-state index contributed by atoms with van der Waals surface area (Å²) in [6, 6.07) is 0. The van der Waals surface area contributed by atoms with Crippen LogP contribution in [0.5, 0.6) is 0 Å². The molecule has 0 atom stereocenters. The van der Waals surface area contributed by atoms with Crippen molar-refractivity contribution in [3.05, 3.63) is 39.7 Å². The lowest BCUT2D eigenvalue weighted by atomic mass is 9.65. The van der Waals surface area contributed by atoms with E-state index in [-0.39, 0.29) is 11.9 Å². The van der Waals surface area contributed by atoms with E-state index in [4.69, 9.17) is 9.47 Å². The van der Waals surface area contributed by atoms with Gasteiger partial charge in [-0.2, -0.15) is 0 Å². The lowest BCUT2D eigenvalue weighted by Gasteiger charge is -2.38. The van der Waals surface area contributed by atoms with E-state index in [1.165, 1.54) is 127 Å². The van der Waals surface area contributed by atoms with Gasteiger partial charge in [0.1, 0.15) is 5.57 Å². The maximum atomic E-state index is 14.1. The Labute approximate surface area is 270 Å². The number of carbonyl (C=O) groups is 2. The lowest BCUT2D eigenvalue weighted by Crippen LogP contribution is -2.29. The van der Waals surface area contributed by atoms with Crippen molar-refractivity contribution in [1.29, 1.82) is 0 Å². The maximum absolute atomic E-state index is 14.1. The van der Waals surface area contributed by atoms with Gasteiger partial charge in [0.25, 0.3) is 0 Å². The van der Waals surface area contributed by atoms with Crippen LogP contribution in [0, 0.1) is 5.41 Å². The van der Waals surface area contributed by atoms with Gasteiger partial charge < -0.3 is 9.47 Å². The molecule has 4 nitrogen and oxygen atoms in total. The zero-order valence-electron chi connectivity index (χ0n) is 28.8. The molecule has 0 radical (unpaired) electrons. The summed E-state index contributed by atoms with van der Waals surface area (Å²) in [5, 5.41) is 0. The van der Waals surface area contributed by atoms with Crippen LogP contribution in [-0.4, -0.2) is 26.2 Å². The van der Waals surface area contributed by atoms with Gasteiger partial charge in [-0.15, -0.1) is 5.73 Å². The van der Waals surface area contributed by atoms with Gasteiger partial charge in [0.2, 0.25) is 0 Å². The number of allylic oxidation sites excluding steroid dienone is 2. The van der Waals surface area contributed by atoms with Crippen LogP contribution in [0.25, 0.3) is 0 Å². The summed E-state index contributed by atoms with van der Waals surface area (Å²) in [5.74, 6) is -0.527. The average Bonchev–Trinajstić information content (AvgIpc) is 3.05. The topological polar surface area (TPSA) is 52.6 Å². The molecule has 248 valence electrons. The van der Waals surface area contributed by atoms with E-state index in [1.54, 1.807) is 0 Å². The lowest BCUT2D eigenvalue weighted by molar-refractivity contribution is -0.136. The molecule has 0 N–H and O–H groups in total. The molecule has 44 heavy (non-hydrogen) atoms. The summed E-state index contributed by atoms with van der Waals surface area (Å²) < 4.78 is 10.9. The van der Waals surface area contributed by atoms with Crippen LogP contribution in [0.3, 0.4) is 0 Å². The molecule has 0 aliphatic heterocycles. The number of esters is 2. The van der Waals surface area contributed by atoms with Crippen LogP contribution in [-0.2, 0) is 19.1 Å². The Bertz CT molecular complexity index is 988. The predicted molar refractivity (Wildman–Crippen MR) is 182 cm³/mol. The van der Waals surface area contributed by atoms with E-state index < -0.39 is 5.41 Å². The predicted octanol–water partition coefficient (Wildman–Crippen LogP) is 11.6. The van der Waals surface area contributed by atoms with E-state index in [1.807, 2.05) is 6.92 Å². The van der Waals surface area contributed by atoms with Gasteiger partial charge in [-0.1, -0.05) is 121 Å². The number of ether oxygens (including phenoxy) is 2. The first-order valence-corrected chi connectivity index (χ1v) is 18.6. The second-order valence-electron chi connectivity index (χ2n) is 14.0. The zero-order valence-corrected chi connectivity index (χ0v) is 28.8. The third-order valence-corrected chi connectivity index (χ3v) is 10.5. The van der Waals surface area contributed by atoms with Crippen molar-refractivity contribution in [1.82, 2.24) is 0 Å². The van der Waals surface area contributed by atoms with Gasteiger partial charge in [0.15, 0.2) is 0 Å². The minimum atomic E-state index is -0.415. The zero-order chi connectivity index (χ0) is 31.5. The Hall–Kier alpha value is -2.06. The summed E-state index contributed by atoms with van der Waals surface area (Å²) in [7, 11) is 3.01. The molecule has 0 aromatic heterocycles. The molecule has 3 rings (SSSR count). The standard InChI is InChI=1S/C40H64O4/c1-33(38(41)43-2)32-40(29-23-17-11-6-12-18-24-30-40)37(35-27-21-15-9-5-10-16-22-28-35)36(39(42)44-3)31-34-25-19-13-7-4-8-14-20-26-34/h32H,4-30H2,1-3H3/b33-32+. The van der Waals surface area contributed by atoms with Crippen LogP contribution in [0.2, 0.25) is 0 Å². The van der Waals surface area contributed by atoms with Crippen molar-refractivity contribution in [3.63, 3.8) is 0 Å². The summed E-state index contributed by atoms with van der Waals surface area (Å²) in [6.45, 7) is 1.91. The number of rotatable bonds is 5. The molecular formula is C40H64O4. The van der Waals surface area contributed by atoms with Crippen molar-refractivity contribution in [2.75, 3.05) is 14.2 Å². The first-order valence-electron chi connectivity index (χ1n) is 18.6. The van der Waals surface area contributed by atoms with Crippen LogP contribution in [0.4, 0.5) is 0 Å². The number of methoxy groups -OCH3 is 2. The molecule has 3 aliphatic rings. The fourth-order valence-electron chi connectivity index (χ4n) is 8.01. The third kappa shape index (κ3) is 12.0. The Kier molecular flexibility index (Phi) is 17.3. The Balaban J connectivity index is 2.35. The van der Waals surface area contributed by atoms with Crippen molar-refractivity contribution < 1.29 is 19.1 Å². The molecule has 4 heteroatoms. The second-order valence-corrected chi connectivity index (χ2v) is 14.0. The highest BCUT2D eigenvalue weighted by molar-refractivity contribution is 5.94. The van der Waals surface area contributed by atoms with Gasteiger partial charge in [0.05, 0.1) is 14.2 Å². The largest absolute Gasteiger partial charge is 0.466 e. The Morgan fingerprint density at radius 2 is 0.955 bits per heavy atom. The van der Waals surface area contributed by atoms with Crippen molar-refractivity contribution in [2.45, 2.75) is 180 Å². The van der Waals surface area contributed by atoms with E-state index in [0.29, 0.717) is 11.1 Å². The molecule has 0 aromatic carbocycles. The molecule has 0 spiro atoms. The minimum Gasteiger partial charge on any atom is -0.466 e. The molecule has 0 bridgehead atoms. The van der Waals surface area contributed by atoms with E-state index >= 15 is 0 Å². The molecule has 3 fully saturated rings. The third-order valence-electron chi connectivity index (χ3n) is 10.5. The fourth-order valence-corrected chi connectivity index (χ4v) is 8.01. The fraction of sp³-hybridized carbons (Fsp3) is 0.775. The molecule has 0 unspecified atom stereocenters. The van der Waals surface area contributed by atoms with E-state index in [9.17, 15) is 9.59 Å². The number of hydrogen-bond donors (Lipinski definition) is 0. The SMILES string of the molecule is COC(=O)C(=C=C1CCCCCCCCC1)C(=C1CCCCCCCCC1)C1(/C=C(\C)C(=O)OC)CCCCCCCCC1. The average molecular weight is 609 g/mol. The minimum absolute atomic E-state index is 0.255. The highest BCUT2D eigenvalue weighted by atomic mass is 16.5. The van der Waals surface area contributed by atoms with Crippen molar-refractivity contribution in [3.8, 4) is 0 Å². The molecule has 0 amide bonds. The van der Waals surface area contributed by atoms with Crippen LogP contribution >= 0.6 is 0 Å². The first kappa shape index (κ1) is 36.4. The normalized spacial score (nSPS) is 22.1. The summed E-state index contributed by atoms with van der Waals surface area (Å²) in [5.41, 5.74) is 8.62. The number of hydrogen-bond acceptors (Lipinski definition) is 4. The van der Waals surface area contributed by atoms with Gasteiger partial charge in [-0.25, -0.2) is 9.59 Å². The highest BCUT2D eigenvalue weighted by Crippen LogP contribution is 2.48. The molecule has 0 heterocycles. The monoisotopic (exact) mass is 608 g/mol. The van der Waals surface area contributed by atoms with Gasteiger partial charge in [0, 0.05) is 11.0 Å². The van der Waals surface area contributed by atoms with Crippen molar-refractivity contribution >= 4 is 11.9 Å². The van der Waals surface area contributed by atoms with Crippen LogP contribution in [0.15, 0.2) is 39.7 Å². The highest BCUT2D eigenvalue weighted by Gasteiger charge is 2.39. The van der Waals surface area contributed by atoms with Crippen molar-refractivity contribution in [2.24, 2.45) is 5.41 Å². The number of carbonyl (C=O) groups excluding carboxylic acids is 2. The molecular weight excluding hydrogens is 544 g/mol. The molecule has 0 saturated heterocycles. The van der Waals surface area contributed by atoms with Gasteiger partial charge in [-0.05, 0) is 82.3 Å². The summed E-state index contributed by atoms with van der Waals surface area (Å²) in [6.07, 6.45) is 34.0. The van der Waals surface area contributed by atoms with Gasteiger partial charge in [-0.3, -0.25) is 0 Å². The summed E-state index contributed by atoms with van der Waals surface area (Å²) in [4.78, 5) is 27.0. The summed E-state index contributed by atoms with van der Waals surface area (Å²) >= 11 is 0. The molecule has 3 saturated carbocycles. The van der Waals surface area contributed by atoms with Crippen LogP contribution in [0.1, 0.15) is 180 Å². The maximum Gasteiger partial charge on any atom is 0.346 e. The quantitative estimate of drug-likeness (QED) is 0.177. The smallest absolute Gasteiger partial charge is 0.346 e. The van der Waals surface area contributed by atoms with Crippen LogP contribution < -0.4 is 0 Å². The van der Waals surface area contributed by atoms with Gasteiger partial charge >= 0.3 is 11.9 Å². The van der Waals surface area contributed by atoms with E-state index in [0.717, 1.165) is 77.0 Å². The molecule has 0 aromatic rings. The Morgan fingerprint density at radius 3 is 1.39 bits per heavy atom. The Morgan fingerprint density at radius 1 is 0.568 bits per heavy atom. The second kappa shape index (κ2) is 20.9. The molecule has 3 aliphatic carbocycles. The van der Waals surface area contributed by atoms with E-state index in [2.05, 4.69) is 11.8 Å². The first-order chi connectivity index (χ1) is 21.5.